The maximum Gasteiger partial charge on any atom is 0.328 e. The van der Waals surface area contributed by atoms with Gasteiger partial charge in [-0.25, -0.2) is 14.2 Å². The summed E-state index contributed by atoms with van der Waals surface area (Å²) < 4.78 is 14.3. The number of carbonyl (C=O) groups is 1. The number of pyridine rings is 1. The Hall–Kier alpha value is -2.74. The summed E-state index contributed by atoms with van der Waals surface area (Å²) in [4.78, 5) is 27.4. The van der Waals surface area contributed by atoms with Crippen LogP contribution in [0.1, 0.15) is 76.2 Å². The second-order valence-corrected chi connectivity index (χ2v) is 11.4. The van der Waals surface area contributed by atoms with Crippen LogP contribution in [0.3, 0.4) is 0 Å². The predicted molar refractivity (Wildman–Crippen MR) is 144 cm³/mol. The molecule has 0 atom stereocenters. The number of amidine groups is 1. The number of amides is 2. The number of rotatable bonds is 7. The highest BCUT2D eigenvalue weighted by Gasteiger charge is 2.53. The van der Waals surface area contributed by atoms with Crippen LogP contribution in [-0.4, -0.2) is 57.9 Å². The summed E-state index contributed by atoms with van der Waals surface area (Å²) in [6.07, 6.45) is 16.4. The molecule has 2 aliphatic heterocycles. The summed E-state index contributed by atoms with van der Waals surface area (Å²) in [7, 11) is 0. The van der Waals surface area contributed by atoms with Crippen LogP contribution >= 0.6 is 0 Å². The number of hydrogen-bond donors (Lipinski definition) is 2. The van der Waals surface area contributed by atoms with Crippen LogP contribution < -0.4 is 10.6 Å². The van der Waals surface area contributed by atoms with Crippen molar-refractivity contribution in [3.05, 3.63) is 47.6 Å². The Morgan fingerprint density at radius 2 is 1.97 bits per heavy atom. The zero-order valence-electron chi connectivity index (χ0n) is 21.7. The van der Waals surface area contributed by atoms with Crippen molar-refractivity contribution in [1.82, 2.24) is 20.1 Å². The van der Waals surface area contributed by atoms with Crippen molar-refractivity contribution in [1.29, 1.82) is 0 Å². The molecule has 2 saturated carbocycles. The molecule has 7 nitrogen and oxygen atoms in total. The summed E-state index contributed by atoms with van der Waals surface area (Å²) in [5.41, 5.74) is 1.36. The van der Waals surface area contributed by atoms with E-state index in [1.807, 2.05) is 23.2 Å². The van der Waals surface area contributed by atoms with Crippen molar-refractivity contribution in [2.75, 3.05) is 25.0 Å². The van der Waals surface area contributed by atoms with Gasteiger partial charge in [-0.2, -0.15) is 0 Å². The molecule has 2 saturated heterocycles. The summed E-state index contributed by atoms with van der Waals surface area (Å²) in [5.74, 6) is 2.43. The molecule has 2 N–H and O–H groups in total. The first kappa shape index (κ1) is 24.6. The summed E-state index contributed by atoms with van der Waals surface area (Å²) in [6.45, 7) is 3.50. The number of piperidine rings is 1. The molecule has 198 valence electrons. The quantitative estimate of drug-likeness (QED) is 0.510. The van der Waals surface area contributed by atoms with Crippen LogP contribution in [0.15, 0.2) is 47.0 Å². The van der Waals surface area contributed by atoms with Gasteiger partial charge in [0.05, 0.1) is 6.04 Å². The lowest BCUT2D eigenvalue weighted by Crippen LogP contribution is -2.56. The molecule has 0 radical (unpaired) electrons. The van der Waals surface area contributed by atoms with E-state index in [0.717, 1.165) is 69.4 Å². The van der Waals surface area contributed by atoms with Gasteiger partial charge in [0.1, 0.15) is 23.0 Å². The zero-order valence-corrected chi connectivity index (χ0v) is 21.7. The molecule has 3 heterocycles. The Kier molecular flexibility index (Phi) is 7.02. The molecule has 1 aromatic heterocycles. The van der Waals surface area contributed by atoms with Crippen LogP contribution in [0.25, 0.3) is 0 Å². The number of halogens is 1. The predicted octanol–water partition coefficient (Wildman–Crippen LogP) is 5.53. The summed E-state index contributed by atoms with van der Waals surface area (Å²) in [6, 6.07) is 4.27. The van der Waals surface area contributed by atoms with Crippen LogP contribution in [0.5, 0.6) is 0 Å². The molecule has 5 aliphatic rings. The third-order valence-electron chi connectivity index (χ3n) is 8.71. The van der Waals surface area contributed by atoms with Crippen LogP contribution in [-0.2, 0) is 6.54 Å². The minimum atomic E-state index is -0.535. The van der Waals surface area contributed by atoms with Crippen LogP contribution in [0.2, 0.25) is 0 Å². The average molecular weight is 507 g/mol. The molecule has 6 rings (SSSR count). The van der Waals surface area contributed by atoms with E-state index in [-0.39, 0.29) is 17.9 Å². The van der Waals surface area contributed by atoms with E-state index >= 15 is 0 Å². The zero-order chi connectivity index (χ0) is 25.2. The number of aliphatic imine (C=N–C) groups is 1. The lowest BCUT2D eigenvalue weighted by molar-refractivity contribution is 0.119. The Morgan fingerprint density at radius 1 is 1.16 bits per heavy atom. The van der Waals surface area contributed by atoms with Gasteiger partial charge in [0.15, 0.2) is 0 Å². The van der Waals surface area contributed by atoms with Gasteiger partial charge in [0.25, 0.3) is 0 Å². The summed E-state index contributed by atoms with van der Waals surface area (Å²) >= 11 is 0. The van der Waals surface area contributed by atoms with E-state index in [9.17, 15) is 9.18 Å². The maximum absolute atomic E-state index is 14.3. The Labute approximate surface area is 219 Å². The van der Waals surface area contributed by atoms with E-state index < -0.39 is 5.54 Å². The normalized spacial score (nSPS) is 25.8. The number of likely N-dealkylation sites (tertiary alicyclic amines) is 1. The van der Waals surface area contributed by atoms with Crippen molar-refractivity contribution in [2.24, 2.45) is 10.9 Å². The minimum absolute atomic E-state index is 0.154. The summed E-state index contributed by atoms with van der Waals surface area (Å²) in [5, 5.41) is 6.69. The third kappa shape index (κ3) is 5.31. The van der Waals surface area contributed by atoms with Crippen LogP contribution in [0, 0.1) is 5.92 Å². The second-order valence-electron chi connectivity index (χ2n) is 11.4. The minimum Gasteiger partial charge on any atom is -0.370 e. The molecule has 3 aliphatic carbocycles. The molecule has 37 heavy (non-hydrogen) atoms. The largest absolute Gasteiger partial charge is 0.370 e. The van der Waals surface area contributed by atoms with E-state index in [2.05, 4.69) is 26.6 Å². The van der Waals surface area contributed by atoms with Gasteiger partial charge in [0, 0.05) is 50.1 Å². The molecule has 2 amide bonds. The molecule has 8 heteroatoms. The fourth-order valence-electron chi connectivity index (χ4n) is 6.36. The number of carbonyl (C=O) groups excluding carboxylic acids is 1. The molecule has 0 bridgehead atoms. The highest BCUT2D eigenvalue weighted by molar-refractivity contribution is 6.11. The van der Waals surface area contributed by atoms with Crippen LogP contribution in [0.4, 0.5) is 15.0 Å². The number of anilines is 1. The van der Waals surface area contributed by atoms with E-state index in [1.165, 1.54) is 37.7 Å². The van der Waals surface area contributed by atoms with Crippen molar-refractivity contribution in [3.63, 3.8) is 0 Å². The van der Waals surface area contributed by atoms with E-state index in [1.54, 1.807) is 6.08 Å². The lowest BCUT2D eigenvalue weighted by Gasteiger charge is -2.44. The smallest absolute Gasteiger partial charge is 0.328 e. The standard InChI is InChI=1S/C29H39FN6O/c30-23-7-4-10-25(18-23)36-28(37)34-27(33-24-8-2-1-3-9-24)29(36)13-16-35(17-14-29)20-22-6-5-15-31-26(22)32-19-21-11-12-21/h5-6,10,15,18,21,24H,1-4,7-9,11-14,16-17,19-20H2,(H,31,32)(H,33,34,37). The van der Waals surface area contributed by atoms with Crippen molar-refractivity contribution < 1.29 is 9.18 Å². The first-order valence-corrected chi connectivity index (χ1v) is 14.3. The van der Waals surface area contributed by atoms with Crippen molar-refractivity contribution >= 4 is 17.7 Å². The fourth-order valence-corrected chi connectivity index (χ4v) is 6.36. The van der Waals surface area contributed by atoms with Gasteiger partial charge in [-0.05, 0) is 63.0 Å². The van der Waals surface area contributed by atoms with Crippen molar-refractivity contribution in [2.45, 2.75) is 88.8 Å². The van der Waals surface area contributed by atoms with E-state index in [4.69, 9.17) is 4.99 Å². The third-order valence-corrected chi connectivity index (χ3v) is 8.71. The molecule has 0 unspecified atom stereocenters. The van der Waals surface area contributed by atoms with E-state index in [0.29, 0.717) is 18.5 Å². The molecule has 0 aromatic carbocycles. The Bertz CT molecular complexity index is 1100. The highest BCUT2D eigenvalue weighted by Crippen LogP contribution is 2.40. The van der Waals surface area contributed by atoms with Gasteiger partial charge in [-0.15, -0.1) is 0 Å². The number of hydrogen-bond acceptors (Lipinski definition) is 5. The average Bonchev–Trinajstić information content (AvgIpc) is 3.70. The highest BCUT2D eigenvalue weighted by atomic mass is 19.1. The van der Waals surface area contributed by atoms with Crippen molar-refractivity contribution in [3.8, 4) is 0 Å². The number of aromatic nitrogens is 1. The number of nitrogens with zero attached hydrogens (tertiary/aromatic N) is 4. The monoisotopic (exact) mass is 506 g/mol. The fraction of sp³-hybridized carbons (Fsp3) is 0.621. The molecular weight excluding hydrogens is 467 g/mol. The second kappa shape index (κ2) is 10.6. The van der Waals surface area contributed by atoms with Gasteiger partial charge in [0.2, 0.25) is 0 Å². The number of urea groups is 1. The molecule has 1 spiro atoms. The SMILES string of the molecule is O=C1NC(=NC2CCCCC2)C2(CCN(Cc3cccnc3NCC3CC3)CC2)N1C1=CCCC(F)=C1. The van der Waals surface area contributed by atoms with Gasteiger partial charge in [-0.1, -0.05) is 31.4 Å². The lowest BCUT2D eigenvalue weighted by atomic mass is 9.84. The topological polar surface area (TPSA) is 72.9 Å². The van der Waals surface area contributed by atoms with Gasteiger partial charge >= 0.3 is 6.03 Å². The Balaban J connectivity index is 1.22. The molecular formula is C29H39FN6O. The maximum atomic E-state index is 14.3. The first-order chi connectivity index (χ1) is 18.1. The Morgan fingerprint density at radius 3 is 2.73 bits per heavy atom. The first-order valence-electron chi connectivity index (χ1n) is 14.3. The van der Waals surface area contributed by atoms with Gasteiger partial charge < -0.3 is 5.32 Å². The number of nitrogens with one attached hydrogen (secondary N) is 2. The molecule has 4 fully saturated rings. The number of allylic oxidation sites excluding steroid dienone is 3. The van der Waals surface area contributed by atoms with Gasteiger partial charge in [-0.3, -0.25) is 20.1 Å². The molecule has 1 aromatic rings.